The average Bonchev–Trinajstić information content (AvgIpc) is 3.31. The highest BCUT2D eigenvalue weighted by Crippen LogP contribution is 2.32. The molecule has 2 fully saturated rings. The Morgan fingerprint density at radius 2 is 2.00 bits per heavy atom. The number of benzene rings is 1. The Bertz CT molecular complexity index is 1230. The first kappa shape index (κ1) is 28.5. The van der Waals surface area contributed by atoms with E-state index in [0.29, 0.717) is 17.2 Å². The summed E-state index contributed by atoms with van der Waals surface area (Å²) < 4.78 is 41.7. The Balaban J connectivity index is 1.50. The minimum atomic E-state index is -3.22. The maximum Gasteiger partial charge on any atom is 0.408 e. The summed E-state index contributed by atoms with van der Waals surface area (Å²) in [6, 6.07) is 5.65. The fraction of sp³-hybridized carbons (Fsp3) is 0.417. The first-order chi connectivity index (χ1) is 18.7. The van der Waals surface area contributed by atoms with Crippen LogP contribution in [0.3, 0.4) is 0 Å². The number of alkyl carbamates (subject to hydrolysis) is 1. The van der Waals surface area contributed by atoms with Crippen molar-refractivity contribution in [1.29, 1.82) is 0 Å². The van der Waals surface area contributed by atoms with E-state index in [2.05, 4.69) is 20.7 Å². The smallest absolute Gasteiger partial charge is 0.408 e. The van der Waals surface area contributed by atoms with Crippen LogP contribution in [0.5, 0.6) is 5.75 Å². The molecule has 1 saturated carbocycles. The number of nitrogens with one attached hydrogen (secondary N) is 3. The van der Waals surface area contributed by atoms with Crippen LogP contribution >= 0.6 is 22.9 Å². The van der Waals surface area contributed by atoms with Gasteiger partial charge in [-0.15, -0.1) is 11.3 Å². The van der Waals surface area contributed by atoms with E-state index in [1.807, 2.05) is 0 Å². The van der Waals surface area contributed by atoms with Gasteiger partial charge in [0.05, 0.1) is 21.5 Å². The van der Waals surface area contributed by atoms with E-state index in [1.54, 1.807) is 0 Å². The van der Waals surface area contributed by atoms with Crippen molar-refractivity contribution in [3.05, 3.63) is 39.5 Å². The van der Waals surface area contributed by atoms with Gasteiger partial charge < -0.3 is 35.1 Å². The summed E-state index contributed by atoms with van der Waals surface area (Å²) >= 11 is 6.90. The number of amides is 4. The number of alkyl halides is 2. The van der Waals surface area contributed by atoms with E-state index in [9.17, 15) is 28.0 Å². The number of halogens is 3. The van der Waals surface area contributed by atoms with Crippen LogP contribution in [-0.2, 0) is 19.1 Å². The van der Waals surface area contributed by atoms with Crippen molar-refractivity contribution in [3.63, 3.8) is 0 Å². The zero-order valence-corrected chi connectivity index (χ0v) is 22.0. The Labute approximate surface area is 230 Å². The van der Waals surface area contributed by atoms with Gasteiger partial charge in [-0.1, -0.05) is 11.6 Å². The van der Waals surface area contributed by atoms with Gasteiger partial charge in [0.2, 0.25) is 5.91 Å². The highest BCUT2D eigenvalue weighted by atomic mass is 35.5. The molecule has 210 valence electrons. The highest BCUT2D eigenvalue weighted by Gasteiger charge is 2.28. The number of thiophene rings is 1. The Hall–Kier alpha value is -3.49. The zero-order valence-electron chi connectivity index (χ0n) is 20.4. The van der Waals surface area contributed by atoms with E-state index in [0.717, 1.165) is 17.8 Å². The van der Waals surface area contributed by atoms with Crippen LogP contribution in [0.2, 0.25) is 4.34 Å². The number of rotatable bonds is 10. The van der Waals surface area contributed by atoms with E-state index in [1.165, 1.54) is 35.2 Å². The van der Waals surface area contributed by atoms with Crippen molar-refractivity contribution >= 4 is 58.1 Å². The lowest BCUT2D eigenvalue weighted by atomic mass is 9.96. The largest absolute Gasteiger partial charge is 0.446 e. The molecule has 2 aromatic rings. The Morgan fingerprint density at radius 3 is 2.64 bits per heavy atom. The number of hydrogen-bond acceptors (Lipinski definition) is 8. The first-order valence-corrected chi connectivity index (χ1v) is 13.2. The van der Waals surface area contributed by atoms with Gasteiger partial charge in [0.15, 0.2) is 5.75 Å². The maximum absolute atomic E-state index is 13.2. The number of nitrogens with zero attached hydrogens (tertiary/aromatic N) is 1. The number of morpholine rings is 1. The molecule has 2 aliphatic rings. The average molecular weight is 587 g/mol. The molecule has 15 heteroatoms. The first-order valence-electron chi connectivity index (χ1n) is 12.0. The summed E-state index contributed by atoms with van der Waals surface area (Å²) in [4.78, 5) is 51.8. The fourth-order valence-electron chi connectivity index (χ4n) is 3.73. The monoisotopic (exact) mass is 586 g/mol. The summed E-state index contributed by atoms with van der Waals surface area (Å²) in [6.07, 6.45) is 1.19. The van der Waals surface area contributed by atoms with E-state index < -0.39 is 36.3 Å². The van der Waals surface area contributed by atoms with Gasteiger partial charge >= 0.3 is 12.7 Å². The molecule has 11 nitrogen and oxygen atoms in total. The van der Waals surface area contributed by atoms with Crippen LogP contribution in [-0.4, -0.2) is 68.9 Å². The molecule has 0 spiro atoms. The number of ether oxygens (including phenoxy) is 3. The maximum atomic E-state index is 13.2. The molecule has 1 atom stereocenters. The van der Waals surface area contributed by atoms with Gasteiger partial charge in [-0.05, 0) is 43.5 Å². The molecule has 1 aromatic carbocycles. The van der Waals surface area contributed by atoms with Crippen molar-refractivity contribution in [1.82, 2.24) is 10.6 Å². The van der Waals surface area contributed by atoms with E-state index in [-0.39, 0.29) is 54.6 Å². The van der Waals surface area contributed by atoms with Crippen LogP contribution < -0.4 is 25.6 Å². The van der Waals surface area contributed by atoms with Gasteiger partial charge in [0.1, 0.15) is 18.8 Å². The molecule has 0 bridgehead atoms. The lowest BCUT2D eigenvalue weighted by molar-refractivity contribution is -0.125. The summed E-state index contributed by atoms with van der Waals surface area (Å²) in [5, 5.41) is 7.40. The third-order valence-corrected chi connectivity index (χ3v) is 7.16. The van der Waals surface area contributed by atoms with Crippen LogP contribution in [0, 0.1) is 0 Å². The van der Waals surface area contributed by atoms with Gasteiger partial charge in [0, 0.05) is 24.8 Å². The third kappa shape index (κ3) is 7.77. The summed E-state index contributed by atoms with van der Waals surface area (Å²) in [5.74, 6) is -2.12. The normalized spacial score (nSPS) is 16.3. The topological polar surface area (TPSA) is 135 Å². The summed E-state index contributed by atoms with van der Waals surface area (Å²) in [6.45, 7) is -3.24. The zero-order chi connectivity index (χ0) is 27.9. The highest BCUT2D eigenvalue weighted by molar-refractivity contribution is 7.18. The second-order valence-corrected chi connectivity index (χ2v) is 10.3. The molecule has 0 unspecified atom stereocenters. The molecule has 1 aliphatic carbocycles. The molecule has 2 heterocycles. The third-order valence-electron chi connectivity index (χ3n) is 5.93. The predicted octanol–water partition coefficient (Wildman–Crippen LogP) is 3.38. The molecule has 4 amide bonds. The SMILES string of the molecule is O=C(N[C@@H](CNC(=O)c1ccc(Cl)s1)C(=O)Nc1ccc(N2CCOCC2=O)cc1OC(F)F)OC1CCC1. The lowest BCUT2D eigenvalue weighted by Crippen LogP contribution is -2.51. The van der Waals surface area contributed by atoms with Crippen molar-refractivity contribution < 1.29 is 42.2 Å². The Kier molecular flexibility index (Phi) is 9.54. The number of carbonyl (C=O) groups is 4. The van der Waals surface area contributed by atoms with Crippen LogP contribution in [0.15, 0.2) is 30.3 Å². The second kappa shape index (κ2) is 13.0. The molecule has 0 radical (unpaired) electrons. The van der Waals surface area contributed by atoms with Crippen molar-refractivity contribution in [2.75, 3.05) is 36.5 Å². The van der Waals surface area contributed by atoms with Gasteiger partial charge in [-0.25, -0.2) is 4.79 Å². The molecular formula is C24H25ClF2N4O7S. The molecule has 3 N–H and O–H groups in total. The van der Waals surface area contributed by atoms with Gasteiger partial charge in [-0.3, -0.25) is 14.4 Å². The standard InChI is InChI=1S/C24H25ClF2N4O7S/c25-19-7-6-18(39-19)22(34)28-11-16(30-24(35)37-14-2-1-3-14)21(33)29-15-5-4-13(10-17(15)38-23(26)27)31-8-9-36-12-20(31)32/h4-7,10,14,16,23H,1-3,8-9,11-12H2,(H,28,34)(H,29,33)(H,30,35)/t16-/m0/s1. The number of hydrogen-bond donors (Lipinski definition) is 3. The number of carbonyl (C=O) groups excluding carboxylic acids is 4. The second-order valence-electron chi connectivity index (χ2n) is 8.62. The quantitative estimate of drug-likeness (QED) is 0.388. The molecule has 39 heavy (non-hydrogen) atoms. The molecular weight excluding hydrogens is 562 g/mol. The minimum Gasteiger partial charge on any atom is -0.446 e. The summed E-state index contributed by atoms with van der Waals surface area (Å²) in [7, 11) is 0. The van der Waals surface area contributed by atoms with Crippen LogP contribution in [0.25, 0.3) is 0 Å². The van der Waals surface area contributed by atoms with Crippen LogP contribution in [0.4, 0.5) is 25.0 Å². The van der Waals surface area contributed by atoms with Crippen molar-refractivity contribution in [2.45, 2.75) is 38.0 Å². The molecule has 1 aromatic heterocycles. The van der Waals surface area contributed by atoms with Crippen molar-refractivity contribution in [3.8, 4) is 5.75 Å². The van der Waals surface area contributed by atoms with Crippen molar-refractivity contribution in [2.24, 2.45) is 0 Å². The summed E-state index contributed by atoms with van der Waals surface area (Å²) in [5.41, 5.74) is 0.137. The van der Waals surface area contributed by atoms with E-state index in [4.69, 9.17) is 21.1 Å². The molecule has 1 aliphatic heterocycles. The fourth-order valence-corrected chi connectivity index (χ4v) is 4.69. The van der Waals surface area contributed by atoms with Gasteiger partial charge in [0.25, 0.3) is 11.8 Å². The van der Waals surface area contributed by atoms with Gasteiger partial charge in [-0.2, -0.15) is 8.78 Å². The number of anilines is 2. The predicted molar refractivity (Wildman–Crippen MR) is 138 cm³/mol. The van der Waals surface area contributed by atoms with E-state index >= 15 is 0 Å². The van der Waals surface area contributed by atoms with Crippen LogP contribution in [0.1, 0.15) is 28.9 Å². The molecule has 1 saturated heterocycles. The molecule has 4 rings (SSSR count). The Morgan fingerprint density at radius 1 is 1.21 bits per heavy atom. The minimum absolute atomic E-state index is 0.139. The lowest BCUT2D eigenvalue weighted by Gasteiger charge is -2.28.